The summed E-state index contributed by atoms with van der Waals surface area (Å²) in [7, 11) is 0. The zero-order valence-electron chi connectivity index (χ0n) is 33.1. The van der Waals surface area contributed by atoms with Gasteiger partial charge >= 0.3 is 0 Å². The van der Waals surface area contributed by atoms with Crippen LogP contribution in [-0.4, -0.2) is 9.97 Å². The minimum atomic E-state index is 0.684. The molecule has 12 rings (SSSR count). The molecule has 0 amide bonds. The van der Waals surface area contributed by atoms with E-state index in [2.05, 4.69) is 188 Å². The molecular weight excluding hydrogens is 741 g/mol. The second kappa shape index (κ2) is 14.3. The number of para-hydroxylation sites is 1. The Hall–Kier alpha value is -8.14. The zero-order valence-corrected chi connectivity index (χ0v) is 33.1. The summed E-state index contributed by atoms with van der Waals surface area (Å²) in [5, 5.41) is 9.66. The smallest absolute Gasteiger partial charge is 0.160 e. The van der Waals surface area contributed by atoms with Crippen LogP contribution in [0.25, 0.3) is 122 Å². The number of rotatable bonds is 6. The molecule has 0 radical (unpaired) electrons. The van der Waals surface area contributed by atoms with Gasteiger partial charge < -0.3 is 4.42 Å². The topological polar surface area (TPSA) is 38.9 Å². The van der Waals surface area contributed by atoms with E-state index >= 15 is 0 Å². The molecule has 61 heavy (non-hydrogen) atoms. The van der Waals surface area contributed by atoms with Gasteiger partial charge in [-0.15, -0.1) is 0 Å². The monoisotopic (exact) mass is 776 g/mol. The Balaban J connectivity index is 1.03. The second-order valence-electron chi connectivity index (χ2n) is 15.6. The fourth-order valence-corrected chi connectivity index (χ4v) is 9.27. The molecule has 2 heterocycles. The van der Waals surface area contributed by atoms with Crippen molar-refractivity contribution in [2.24, 2.45) is 0 Å². The molecule has 0 aliphatic rings. The van der Waals surface area contributed by atoms with E-state index in [4.69, 9.17) is 14.4 Å². The first-order valence-corrected chi connectivity index (χ1v) is 20.7. The van der Waals surface area contributed by atoms with E-state index in [0.717, 1.165) is 66.7 Å². The highest BCUT2D eigenvalue weighted by atomic mass is 16.3. The first-order chi connectivity index (χ1) is 30.2. The molecule has 12 aromatic rings. The molecule has 0 fully saturated rings. The van der Waals surface area contributed by atoms with Crippen molar-refractivity contribution in [2.45, 2.75) is 0 Å². The van der Waals surface area contributed by atoms with Crippen LogP contribution in [0.5, 0.6) is 0 Å². The average molecular weight is 777 g/mol. The van der Waals surface area contributed by atoms with E-state index in [1.54, 1.807) is 0 Å². The SMILES string of the molecule is c1ccc(-c2nc(-c3ccc(-c4c5ccccc5c(-c5ccccc5)c5c4ccc4ccccc45)cc3)cc(-c3ccccc3-c3ccc4oc5ccccc5c4c3)n2)cc1. The minimum absolute atomic E-state index is 0.684. The third kappa shape index (κ3) is 5.90. The molecule has 0 unspecified atom stereocenters. The molecule has 0 spiro atoms. The van der Waals surface area contributed by atoms with Crippen LogP contribution >= 0.6 is 0 Å². The predicted octanol–water partition coefficient (Wildman–Crippen LogP) is 15.8. The molecule has 0 aliphatic heterocycles. The maximum Gasteiger partial charge on any atom is 0.160 e. The van der Waals surface area contributed by atoms with E-state index in [0.29, 0.717) is 5.82 Å². The average Bonchev–Trinajstić information content (AvgIpc) is 3.72. The number of benzene rings is 10. The molecule has 0 aliphatic carbocycles. The van der Waals surface area contributed by atoms with Gasteiger partial charge in [-0.3, -0.25) is 0 Å². The number of hydrogen-bond acceptors (Lipinski definition) is 3. The van der Waals surface area contributed by atoms with Gasteiger partial charge in [0.05, 0.1) is 11.4 Å². The first-order valence-electron chi connectivity index (χ1n) is 20.7. The van der Waals surface area contributed by atoms with Gasteiger partial charge in [0.2, 0.25) is 0 Å². The molecule has 0 bridgehead atoms. The number of hydrogen-bond donors (Lipinski definition) is 0. The summed E-state index contributed by atoms with van der Waals surface area (Å²) in [6.45, 7) is 0. The second-order valence-corrected chi connectivity index (χ2v) is 15.6. The lowest BCUT2D eigenvalue weighted by molar-refractivity contribution is 0.669. The highest BCUT2D eigenvalue weighted by Gasteiger charge is 2.20. The Morgan fingerprint density at radius 3 is 1.64 bits per heavy atom. The van der Waals surface area contributed by atoms with Gasteiger partial charge in [0, 0.05) is 27.5 Å². The van der Waals surface area contributed by atoms with E-state index in [1.807, 2.05) is 30.3 Å². The first kappa shape index (κ1) is 34.9. The molecule has 3 nitrogen and oxygen atoms in total. The summed E-state index contributed by atoms with van der Waals surface area (Å²) in [6, 6.07) is 77.6. The van der Waals surface area contributed by atoms with E-state index in [1.165, 1.54) is 49.0 Å². The molecule has 10 aromatic carbocycles. The number of furan rings is 1. The highest BCUT2D eigenvalue weighted by Crippen LogP contribution is 2.46. The Morgan fingerprint density at radius 2 is 0.852 bits per heavy atom. The normalized spacial score (nSPS) is 11.6. The number of aromatic nitrogens is 2. The third-order valence-electron chi connectivity index (χ3n) is 12.1. The number of fused-ring (bicyclic) bond motifs is 7. The maximum absolute atomic E-state index is 6.19. The fraction of sp³-hybridized carbons (Fsp3) is 0. The van der Waals surface area contributed by atoms with Crippen molar-refractivity contribution in [3.63, 3.8) is 0 Å². The van der Waals surface area contributed by atoms with Crippen molar-refractivity contribution in [2.75, 3.05) is 0 Å². The van der Waals surface area contributed by atoms with Crippen LogP contribution in [-0.2, 0) is 0 Å². The molecule has 2 aromatic heterocycles. The maximum atomic E-state index is 6.19. The molecular formula is C58H36N2O. The van der Waals surface area contributed by atoms with E-state index < -0.39 is 0 Å². The van der Waals surface area contributed by atoms with Crippen LogP contribution in [0, 0.1) is 0 Å². The van der Waals surface area contributed by atoms with Gasteiger partial charge in [-0.25, -0.2) is 9.97 Å². The largest absolute Gasteiger partial charge is 0.456 e. The van der Waals surface area contributed by atoms with Gasteiger partial charge in [-0.2, -0.15) is 0 Å². The highest BCUT2D eigenvalue weighted by molar-refractivity contribution is 6.28. The summed E-state index contributed by atoms with van der Waals surface area (Å²) in [5.74, 6) is 0.684. The van der Waals surface area contributed by atoms with Crippen molar-refractivity contribution < 1.29 is 4.42 Å². The third-order valence-corrected chi connectivity index (χ3v) is 12.1. The Labute approximate surface area is 352 Å². The van der Waals surface area contributed by atoms with Crippen LogP contribution in [0.15, 0.2) is 223 Å². The quantitative estimate of drug-likeness (QED) is 0.125. The summed E-state index contributed by atoms with van der Waals surface area (Å²) >= 11 is 0. The summed E-state index contributed by atoms with van der Waals surface area (Å²) in [5.41, 5.74) is 13.6. The summed E-state index contributed by atoms with van der Waals surface area (Å²) < 4.78 is 6.19. The molecule has 284 valence electrons. The molecule has 0 atom stereocenters. The molecule has 0 saturated carbocycles. The van der Waals surface area contributed by atoms with Crippen LogP contribution in [0.1, 0.15) is 0 Å². The molecule has 0 saturated heterocycles. The minimum Gasteiger partial charge on any atom is -0.456 e. The Kier molecular flexibility index (Phi) is 8.17. The fourth-order valence-electron chi connectivity index (χ4n) is 9.27. The van der Waals surface area contributed by atoms with Crippen LogP contribution in [0.4, 0.5) is 0 Å². The Bertz CT molecular complexity index is 3630. The lowest BCUT2D eigenvalue weighted by Gasteiger charge is -2.19. The predicted molar refractivity (Wildman–Crippen MR) is 254 cm³/mol. The van der Waals surface area contributed by atoms with Crippen molar-refractivity contribution >= 4 is 54.3 Å². The van der Waals surface area contributed by atoms with Gasteiger partial charge in [0.1, 0.15) is 11.2 Å². The van der Waals surface area contributed by atoms with Gasteiger partial charge in [-0.1, -0.05) is 194 Å². The van der Waals surface area contributed by atoms with Gasteiger partial charge in [0.25, 0.3) is 0 Å². The van der Waals surface area contributed by atoms with Crippen LogP contribution in [0.2, 0.25) is 0 Å². The lowest BCUT2D eigenvalue weighted by Crippen LogP contribution is -1.97. The van der Waals surface area contributed by atoms with Crippen molar-refractivity contribution in [3.8, 4) is 67.3 Å². The summed E-state index contributed by atoms with van der Waals surface area (Å²) in [4.78, 5) is 10.5. The molecule has 0 N–H and O–H groups in total. The van der Waals surface area contributed by atoms with Gasteiger partial charge in [-0.05, 0) is 90.0 Å². The standard InChI is InChI=1S/C58H36N2O/c1-3-16-39(17-4-1)56-48-25-12-11-24-47(48)55(49-33-31-37-15-7-8-21-44(37)57(49)56)40-29-27-38(28-30-40)51-36-52(60-58(59-51)41-18-5-2-6-19-41)45-22-10-9-20-43(45)42-32-34-54-50(35-42)46-23-13-14-26-53(46)61-54/h1-36H. The lowest BCUT2D eigenvalue weighted by atomic mass is 9.84. The summed E-state index contributed by atoms with van der Waals surface area (Å²) in [6.07, 6.45) is 0. The van der Waals surface area contributed by atoms with Crippen LogP contribution in [0.3, 0.4) is 0 Å². The number of nitrogens with zero attached hydrogens (tertiary/aromatic N) is 2. The Morgan fingerprint density at radius 1 is 0.295 bits per heavy atom. The van der Waals surface area contributed by atoms with Crippen molar-refractivity contribution in [3.05, 3.63) is 218 Å². The molecule has 3 heteroatoms. The van der Waals surface area contributed by atoms with Gasteiger partial charge in [0.15, 0.2) is 5.82 Å². The zero-order chi connectivity index (χ0) is 40.3. The van der Waals surface area contributed by atoms with Crippen molar-refractivity contribution in [1.82, 2.24) is 9.97 Å². The van der Waals surface area contributed by atoms with E-state index in [-0.39, 0.29) is 0 Å². The van der Waals surface area contributed by atoms with Crippen LogP contribution < -0.4 is 0 Å². The van der Waals surface area contributed by atoms with E-state index in [9.17, 15) is 0 Å². The van der Waals surface area contributed by atoms with Crippen molar-refractivity contribution in [1.29, 1.82) is 0 Å².